The number of phosphoric acid groups is 2. The summed E-state index contributed by atoms with van der Waals surface area (Å²) in [5, 5.41) is 20.5. The molecule has 2 heterocycles. The summed E-state index contributed by atoms with van der Waals surface area (Å²) in [7, 11) is -10.6. The molecule has 148 valence electrons. The zero-order valence-electron chi connectivity index (χ0n) is 13.0. The number of rotatable bonds is 6. The third kappa shape index (κ3) is 4.56. The molecule has 0 aliphatic carbocycles. The average Bonchev–Trinajstić information content (AvgIpc) is 2.66. The number of aromatic amines is 1. The summed E-state index contributed by atoms with van der Waals surface area (Å²) < 4.78 is 35.6. The van der Waals surface area contributed by atoms with Gasteiger partial charge in [-0.2, -0.15) is 4.31 Å². The van der Waals surface area contributed by atoms with Crippen molar-refractivity contribution in [3.05, 3.63) is 33.1 Å². The third-order valence-corrected chi connectivity index (χ3v) is 5.64. The fourth-order valence-corrected chi connectivity index (χ4v) is 3.93. The van der Waals surface area contributed by atoms with E-state index in [1.807, 2.05) is 0 Å². The van der Waals surface area contributed by atoms with Gasteiger partial charge < -0.3 is 34.6 Å². The molecule has 14 nitrogen and oxygen atoms in total. The highest BCUT2D eigenvalue weighted by Crippen LogP contribution is 2.57. The summed E-state index contributed by atoms with van der Waals surface area (Å²) in [5.74, 6) is 0. The van der Waals surface area contributed by atoms with Crippen LogP contribution in [-0.4, -0.2) is 58.9 Å². The smallest absolute Gasteiger partial charge is 0.387 e. The zero-order valence-corrected chi connectivity index (χ0v) is 14.8. The van der Waals surface area contributed by atoms with Crippen molar-refractivity contribution in [1.29, 1.82) is 0 Å². The van der Waals surface area contributed by atoms with E-state index in [2.05, 4.69) is 13.8 Å². The average molecular weight is 418 g/mol. The van der Waals surface area contributed by atoms with Crippen molar-refractivity contribution in [1.82, 2.24) is 9.55 Å². The van der Waals surface area contributed by atoms with E-state index >= 15 is 0 Å². The minimum atomic E-state index is -5.34. The van der Waals surface area contributed by atoms with Crippen molar-refractivity contribution in [2.45, 2.75) is 31.0 Å². The fraction of sp³-hybridized carbons (Fsp3) is 0.600. The van der Waals surface area contributed by atoms with Gasteiger partial charge in [0.15, 0.2) is 6.23 Å². The molecule has 0 bridgehead atoms. The first-order valence-corrected chi connectivity index (χ1v) is 9.87. The SMILES string of the molecule is C[C@@]1(O)[C@H](O)[C@@H](COP(=O)(O)OP(=O)(O)O)O[C@H]1n1c(=O)cc[nH]c1=O. The first-order valence-electron chi connectivity index (χ1n) is 6.85. The van der Waals surface area contributed by atoms with Crippen LogP contribution in [-0.2, 0) is 22.7 Å². The minimum Gasteiger partial charge on any atom is -0.387 e. The van der Waals surface area contributed by atoms with Gasteiger partial charge in [0.1, 0.15) is 17.8 Å². The number of hydrogen-bond donors (Lipinski definition) is 6. The Labute approximate surface area is 144 Å². The van der Waals surface area contributed by atoms with Gasteiger partial charge in [-0.05, 0) is 6.92 Å². The van der Waals surface area contributed by atoms with Gasteiger partial charge in [-0.3, -0.25) is 9.32 Å². The van der Waals surface area contributed by atoms with E-state index in [9.17, 15) is 33.8 Å². The summed E-state index contributed by atoms with van der Waals surface area (Å²) in [6.07, 6.45) is -3.95. The van der Waals surface area contributed by atoms with Crippen LogP contribution in [0.4, 0.5) is 0 Å². The number of aliphatic hydroxyl groups excluding tert-OH is 1. The normalized spacial score (nSPS) is 31.7. The van der Waals surface area contributed by atoms with E-state index in [0.29, 0.717) is 4.57 Å². The van der Waals surface area contributed by atoms with Crippen LogP contribution in [0.25, 0.3) is 0 Å². The van der Waals surface area contributed by atoms with Gasteiger partial charge in [0.2, 0.25) is 0 Å². The van der Waals surface area contributed by atoms with Crippen LogP contribution in [0.5, 0.6) is 0 Å². The van der Waals surface area contributed by atoms with E-state index in [1.54, 1.807) is 0 Å². The van der Waals surface area contributed by atoms with E-state index in [4.69, 9.17) is 14.5 Å². The predicted molar refractivity (Wildman–Crippen MR) is 80.8 cm³/mol. The van der Waals surface area contributed by atoms with Gasteiger partial charge >= 0.3 is 21.3 Å². The molecule has 16 heteroatoms. The molecule has 0 aromatic carbocycles. The lowest BCUT2D eigenvalue weighted by Gasteiger charge is -2.26. The van der Waals surface area contributed by atoms with Crippen LogP contribution in [0, 0.1) is 0 Å². The number of hydrogen-bond acceptors (Lipinski definition) is 9. The Balaban J connectivity index is 2.21. The van der Waals surface area contributed by atoms with Crippen molar-refractivity contribution in [3.8, 4) is 0 Å². The Bertz CT molecular complexity index is 843. The van der Waals surface area contributed by atoms with Crippen molar-refractivity contribution in [2.24, 2.45) is 0 Å². The Morgan fingerprint density at radius 1 is 1.35 bits per heavy atom. The maximum atomic E-state index is 11.8. The van der Waals surface area contributed by atoms with Gasteiger partial charge in [0, 0.05) is 12.3 Å². The highest BCUT2D eigenvalue weighted by molar-refractivity contribution is 7.60. The standard InChI is InChI=1S/C10H16N2O12P2/c1-10(16)7(14)5(4-22-26(20,21)24-25(17,18)19)23-8(10)12-6(13)2-3-11-9(12)15/h2-3,5,7-8,14,16H,4H2,1H3,(H,11,15)(H,20,21)(H2,17,18,19)/t5-,7-,8-,10-/m1/s1. The maximum Gasteiger partial charge on any atom is 0.481 e. The second-order valence-electron chi connectivity index (χ2n) is 5.53. The lowest BCUT2D eigenvalue weighted by molar-refractivity contribution is -0.0999. The van der Waals surface area contributed by atoms with Crippen molar-refractivity contribution >= 4 is 15.6 Å². The van der Waals surface area contributed by atoms with Gasteiger partial charge in [0.05, 0.1) is 6.61 Å². The lowest BCUT2D eigenvalue weighted by Crippen LogP contribution is -2.49. The molecule has 5 atom stereocenters. The van der Waals surface area contributed by atoms with Crippen molar-refractivity contribution in [3.63, 3.8) is 0 Å². The van der Waals surface area contributed by atoms with Gasteiger partial charge in [-0.1, -0.05) is 0 Å². The number of ether oxygens (including phenoxy) is 1. The number of nitrogens with zero attached hydrogens (tertiary/aromatic N) is 1. The maximum absolute atomic E-state index is 11.8. The van der Waals surface area contributed by atoms with Crippen LogP contribution in [0.3, 0.4) is 0 Å². The number of nitrogens with one attached hydrogen (secondary N) is 1. The molecule has 1 aliphatic heterocycles. The van der Waals surface area contributed by atoms with E-state index in [-0.39, 0.29) is 0 Å². The van der Waals surface area contributed by atoms with Crippen LogP contribution in [0.1, 0.15) is 13.2 Å². The number of phosphoric ester groups is 1. The number of aliphatic hydroxyl groups is 2. The second kappa shape index (κ2) is 7.09. The fourth-order valence-electron chi connectivity index (χ4n) is 2.33. The molecule has 1 aromatic rings. The Morgan fingerprint density at radius 3 is 2.50 bits per heavy atom. The quantitative estimate of drug-likeness (QED) is 0.271. The molecule has 6 N–H and O–H groups in total. The second-order valence-corrected chi connectivity index (χ2v) is 8.35. The largest absolute Gasteiger partial charge is 0.481 e. The summed E-state index contributed by atoms with van der Waals surface area (Å²) in [6.45, 7) is 0.0903. The van der Waals surface area contributed by atoms with E-state index in [0.717, 1.165) is 19.2 Å². The molecular weight excluding hydrogens is 402 g/mol. The predicted octanol–water partition coefficient (Wildman–Crippen LogP) is -2.23. The number of aromatic nitrogens is 2. The van der Waals surface area contributed by atoms with Crippen molar-refractivity contribution in [2.75, 3.05) is 6.61 Å². The summed E-state index contributed by atoms with van der Waals surface area (Å²) in [6, 6.07) is 0.965. The Hall–Kier alpha value is -1.18. The molecule has 0 spiro atoms. The van der Waals surface area contributed by atoms with Crippen LogP contribution >= 0.6 is 15.6 Å². The monoisotopic (exact) mass is 418 g/mol. The lowest BCUT2D eigenvalue weighted by atomic mass is 9.96. The highest BCUT2D eigenvalue weighted by Gasteiger charge is 2.54. The molecule has 0 amide bonds. The molecule has 1 aromatic heterocycles. The molecule has 1 saturated heterocycles. The van der Waals surface area contributed by atoms with E-state index < -0.39 is 57.5 Å². The summed E-state index contributed by atoms with van der Waals surface area (Å²) in [4.78, 5) is 52.1. The van der Waals surface area contributed by atoms with Gasteiger partial charge in [0.25, 0.3) is 5.56 Å². The molecule has 26 heavy (non-hydrogen) atoms. The van der Waals surface area contributed by atoms with Gasteiger partial charge in [-0.25, -0.2) is 18.5 Å². The third-order valence-electron chi connectivity index (χ3n) is 3.49. The van der Waals surface area contributed by atoms with E-state index in [1.165, 1.54) is 0 Å². The van der Waals surface area contributed by atoms with Crippen LogP contribution in [0.2, 0.25) is 0 Å². The zero-order chi connectivity index (χ0) is 19.9. The molecule has 1 aliphatic rings. The van der Waals surface area contributed by atoms with Crippen LogP contribution in [0.15, 0.2) is 21.9 Å². The van der Waals surface area contributed by atoms with Gasteiger partial charge in [-0.15, -0.1) is 0 Å². The molecule has 2 rings (SSSR count). The first-order chi connectivity index (χ1) is 11.7. The molecule has 0 saturated carbocycles. The molecule has 0 radical (unpaired) electrons. The van der Waals surface area contributed by atoms with Crippen molar-refractivity contribution < 1.29 is 47.6 Å². The molecule has 1 unspecified atom stereocenters. The molecular formula is C10H16N2O12P2. The number of H-pyrrole nitrogens is 1. The van der Waals surface area contributed by atoms with Crippen LogP contribution < -0.4 is 11.2 Å². The molecule has 1 fully saturated rings. The summed E-state index contributed by atoms with van der Waals surface area (Å²) in [5.41, 5.74) is -3.99. The summed E-state index contributed by atoms with van der Waals surface area (Å²) >= 11 is 0. The topological polar surface area (TPSA) is 218 Å². The minimum absolute atomic E-state index is 0.480. The first kappa shape index (κ1) is 21.1. The Kier molecular flexibility index (Phi) is 5.76. The Morgan fingerprint density at radius 2 is 1.96 bits per heavy atom. The highest BCUT2D eigenvalue weighted by atomic mass is 31.3.